The predicted octanol–water partition coefficient (Wildman–Crippen LogP) is 2.41. The molecule has 1 aliphatic heterocycles. The standard InChI is InChI=1S/C13H12BrNO3/c1-8(16)3-2-6-15-12(17)10-5-4-9(14)7-11(10)13(15)18/h4-5,7H,2-3,6H2,1H3. The number of nitrogens with zero attached hydrogens (tertiary/aromatic N) is 1. The van der Waals surface area contributed by atoms with E-state index in [1.807, 2.05) is 0 Å². The number of Topliss-reactive ketones (excluding diaryl/α,β-unsaturated/α-hetero) is 1. The van der Waals surface area contributed by atoms with Crippen molar-refractivity contribution in [1.29, 1.82) is 0 Å². The molecular formula is C13H12BrNO3. The zero-order valence-electron chi connectivity index (χ0n) is 9.90. The van der Waals surface area contributed by atoms with Crippen molar-refractivity contribution in [1.82, 2.24) is 4.90 Å². The number of rotatable bonds is 4. The van der Waals surface area contributed by atoms with Gasteiger partial charge in [-0.05, 0) is 31.5 Å². The minimum Gasteiger partial charge on any atom is -0.300 e. The first-order valence-corrected chi connectivity index (χ1v) is 6.45. The third kappa shape index (κ3) is 2.36. The molecule has 0 N–H and O–H groups in total. The highest BCUT2D eigenvalue weighted by molar-refractivity contribution is 9.10. The van der Waals surface area contributed by atoms with Gasteiger partial charge in [0.15, 0.2) is 0 Å². The lowest BCUT2D eigenvalue weighted by atomic mass is 10.1. The molecule has 2 amide bonds. The smallest absolute Gasteiger partial charge is 0.261 e. The number of fused-ring (bicyclic) bond motifs is 1. The Morgan fingerprint density at radius 2 is 1.89 bits per heavy atom. The van der Waals surface area contributed by atoms with Gasteiger partial charge < -0.3 is 4.79 Å². The average molecular weight is 310 g/mol. The fraction of sp³-hybridized carbons (Fsp3) is 0.308. The molecule has 0 spiro atoms. The minimum absolute atomic E-state index is 0.0642. The van der Waals surface area contributed by atoms with Gasteiger partial charge in [-0.15, -0.1) is 0 Å². The van der Waals surface area contributed by atoms with Crippen LogP contribution in [0.2, 0.25) is 0 Å². The Morgan fingerprint density at radius 3 is 2.56 bits per heavy atom. The molecule has 0 aromatic heterocycles. The molecule has 1 heterocycles. The van der Waals surface area contributed by atoms with Crippen molar-refractivity contribution >= 4 is 33.5 Å². The zero-order chi connectivity index (χ0) is 13.3. The SMILES string of the molecule is CC(=O)CCCN1C(=O)c2ccc(Br)cc2C1=O. The number of imide groups is 1. The van der Waals surface area contributed by atoms with Gasteiger partial charge in [0.1, 0.15) is 5.78 Å². The molecule has 18 heavy (non-hydrogen) atoms. The van der Waals surface area contributed by atoms with Gasteiger partial charge in [-0.1, -0.05) is 15.9 Å². The lowest BCUT2D eigenvalue weighted by Gasteiger charge is -2.12. The third-order valence-corrected chi connectivity index (χ3v) is 3.34. The highest BCUT2D eigenvalue weighted by atomic mass is 79.9. The van der Waals surface area contributed by atoms with Gasteiger partial charge in [-0.2, -0.15) is 0 Å². The summed E-state index contributed by atoms with van der Waals surface area (Å²) in [5, 5.41) is 0. The monoisotopic (exact) mass is 309 g/mol. The average Bonchev–Trinajstić information content (AvgIpc) is 2.53. The Labute approximate surface area is 113 Å². The van der Waals surface area contributed by atoms with Crippen LogP contribution in [0.25, 0.3) is 0 Å². The zero-order valence-corrected chi connectivity index (χ0v) is 11.5. The summed E-state index contributed by atoms with van der Waals surface area (Å²) in [4.78, 5) is 36.1. The third-order valence-electron chi connectivity index (χ3n) is 2.84. The first kappa shape index (κ1) is 13.0. The van der Waals surface area contributed by atoms with Crippen molar-refractivity contribution in [2.45, 2.75) is 19.8 Å². The maximum absolute atomic E-state index is 12.0. The second kappa shape index (κ2) is 5.02. The number of amides is 2. The number of carbonyl (C=O) groups is 3. The first-order chi connectivity index (χ1) is 8.50. The van der Waals surface area contributed by atoms with Crippen LogP contribution in [0, 0.1) is 0 Å². The Kier molecular flexibility index (Phi) is 3.61. The number of hydrogen-bond donors (Lipinski definition) is 0. The molecule has 1 aromatic rings. The molecule has 0 aliphatic carbocycles. The van der Waals surface area contributed by atoms with Gasteiger partial charge in [-0.25, -0.2) is 0 Å². The van der Waals surface area contributed by atoms with E-state index in [2.05, 4.69) is 15.9 Å². The Balaban J connectivity index is 2.15. The van der Waals surface area contributed by atoms with E-state index < -0.39 is 0 Å². The second-order valence-electron chi connectivity index (χ2n) is 4.26. The topological polar surface area (TPSA) is 54.5 Å². The van der Waals surface area contributed by atoms with Gasteiger partial charge in [0.2, 0.25) is 0 Å². The molecule has 4 nitrogen and oxygen atoms in total. The van der Waals surface area contributed by atoms with Gasteiger partial charge >= 0.3 is 0 Å². The Bertz CT molecular complexity index is 539. The summed E-state index contributed by atoms with van der Waals surface area (Å²) in [6, 6.07) is 5.04. The summed E-state index contributed by atoms with van der Waals surface area (Å²) in [5.74, 6) is -0.486. The van der Waals surface area contributed by atoms with Crippen LogP contribution < -0.4 is 0 Å². The van der Waals surface area contributed by atoms with E-state index >= 15 is 0 Å². The molecule has 0 radical (unpaired) electrons. The number of halogens is 1. The van der Waals surface area contributed by atoms with Crippen LogP contribution in [-0.4, -0.2) is 29.0 Å². The molecule has 0 saturated carbocycles. The molecule has 1 aromatic carbocycles. The number of hydrogen-bond acceptors (Lipinski definition) is 3. The predicted molar refractivity (Wildman–Crippen MR) is 69.4 cm³/mol. The van der Waals surface area contributed by atoms with Crippen molar-refractivity contribution in [3.8, 4) is 0 Å². The van der Waals surface area contributed by atoms with Gasteiger partial charge in [0.05, 0.1) is 11.1 Å². The summed E-state index contributed by atoms with van der Waals surface area (Å²) in [5.41, 5.74) is 0.864. The van der Waals surface area contributed by atoms with Crippen LogP contribution in [0.5, 0.6) is 0 Å². The highest BCUT2D eigenvalue weighted by Gasteiger charge is 2.34. The molecule has 2 rings (SSSR count). The van der Waals surface area contributed by atoms with Crippen LogP contribution >= 0.6 is 15.9 Å². The Hall–Kier alpha value is -1.49. The molecule has 0 fully saturated rings. The highest BCUT2D eigenvalue weighted by Crippen LogP contribution is 2.26. The molecule has 0 bridgehead atoms. The van der Waals surface area contributed by atoms with Crippen molar-refractivity contribution in [3.63, 3.8) is 0 Å². The van der Waals surface area contributed by atoms with Gasteiger partial charge in [0, 0.05) is 17.4 Å². The second-order valence-corrected chi connectivity index (χ2v) is 5.17. The van der Waals surface area contributed by atoms with E-state index in [4.69, 9.17) is 0 Å². The van der Waals surface area contributed by atoms with Gasteiger partial charge in [-0.3, -0.25) is 14.5 Å². The van der Waals surface area contributed by atoms with E-state index in [9.17, 15) is 14.4 Å². The normalized spacial score (nSPS) is 14.0. The van der Waals surface area contributed by atoms with Crippen molar-refractivity contribution in [3.05, 3.63) is 33.8 Å². The molecule has 0 unspecified atom stereocenters. The minimum atomic E-state index is -0.278. The Morgan fingerprint density at radius 1 is 1.22 bits per heavy atom. The maximum atomic E-state index is 12.0. The fourth-order valence-corrected chi connectivity index (χ4v) is 2.31. The molecule has 0 atom stereocenters. The van der Waals surface area contributed by atoms with E-state index in [0.29, 0.717) is 30.5 Å². The molecule has 0 saturated heterocycles. The summed E-state index contributed by atoms with van der Waals surface area (Å²) >= 11 is 3.28. The lowest BCUT2D eigenvalue weighted by molar-refractivity contribution is -0.117. The first-order valence-electron chi connectivity index (χ1n) is 5.66. The summed E-state index contributed by atoms with van der Waals surface area (Å²) in [7, 11) is 0. The molecule has 94 valence electrons. The summed E-state index contributed by atoms with van der Waals surface area (Å²) in [6.07, 6.45) is 0.902. The van der Waals surface area contributed by atoms with Crippen LogP contribution in [0.4, 0.5) is 0 Å². The number of benzene rings is 1. The van der Waals surface area contributed by atoms with Crippen LogP contribution in [0.3, 0.4) is 0 Å². The van der Waals surface area contributed by atoms with Gasteiger partial charge in [0.25, 0.3) is 11.8 Å². The van der Waals surface area contributed by atoms with Crippen LogP contribution in [0.15, 0.2) is 22.7 Å². The van der Waals surface area contributed by atoms with E-state index in [-0.39, 0.29) is 17.6 Å². The fourth-order valence-electron chi connectivity index (χ4n) is 1.95. The quantitative estimate of drug-likeness (QED) is 0.803. The van der Waals surface area contributed by atoms with Crippen molar-refractivity contribution in [2.24, 2.45) is 0 Å². The van der Waals surface area contributed by atoms with E-state index in [1.54, 1.807) is 18.2 Å². The number of carbonyl (C=O) groups excluding carboxylic acids is 3. The van der Waals surface area contributed by atoms with Crippen molar-refractivity contribution < 1.29 is 14.4 Å². The lowest BCUT2D eigenvalue weighted by Crippen LogP contribution is -2.30. The molecule has 5 heteroatoms. The van der Waals surface area contributed by atoms with E-state index in [0.717, 1.165) is 4.47 Å². The van der Waals surface area contributed by atoms with Crippen LogP contribution in [0.1, 0.15) is 40.5 Å². The van der Waals surface area contributed by atoms with Crippen LogP contribution in [-0.2, 0) is 4.79 Å². The largest absolute Gasteiger partial charge is 0.300 e. The molecular weight excluding hydrogens is 298 g/mol. The maximum Gasteiger partial charge on any atom is 0.261 e. The summed E-state index contributed by atoms with van der Waals surface area (Å²) < 4.78 is 0.771. The van der Waals surface area contributed by atoms with Crippen molar-refractivity contribution in [2.75, 3.05) is 6.54 Å². The summed E-state index contributed by atoms with van der Waals surface area (Å²) in [6.45, 7) is 1.79. The van der Waals surface area contributed by atoms with E-state index in [1.165, 1.54) is 11.8 Å². The molecule has 1 aliphatic rings. The number of ketones is 1.